The highest BCUT2D eigenvalue weighted by molar-refractivity contribution is 6.32. The zero-order valence-corrected chi connectivity index (χ0v) is 15.5. The minimum atomic E-state index is -0.673. The lowest BCUT2D eigenvalue weighted by Crippen LogP contribution is -2.17. The zero-order chi connectivity index (χ0) is 18.6. The van der Waals surface area contributed by atoms with Gasteiger partial charge in [0.25, 0.3) is 0 Å². The van der Waals surface area contributed by atoms with Gasteiger partial charge >= 0.3 is 5.97 Å². The van der Waals surface area contributed by atoms with Crippen LogP contribution in [-0.2, 0) is 9.47 Å². The molecule has 0 amide bonds. The fourth-order valence-electron chi connectivity index (χ4n) is 2.88. The Labute approximate surface area is 151 Å². The second-order valence-corrected chi connectivity index (χ2v) is 6.16. The molecule has 0 N–H and O–H groups in total. The zero-order valence-electron chi connectivity index (χ0n) is 14.7. The molecule has 2 aromatic heterocycles. The third kappa shape index (κ3) is 4.27. The molecule has 1 atom stereocenters. The van der Waals surface area contributed by atoms with Crippen molar-refractivity contribution in [3.05, 3.63) is 52.1 Å². The van der Waals surface area contributed by atoms with Gasteiger partial charge in [0, 0.05) is 30.3 Å². The van der Waals surface area contributed by atoms with E-state index in [1.807, 2.05) is 25.3 Å². The quantitative estimate of drug-likeness (QED) is 0.428. The third-order valence-electron chi connectivity index (χ3n) is 3.95. The van der Waals surface area contributed by atoms with E-state index in [-0.39, 0.29) is 29.1 Å². The summed E-state index contributed by atoms with van der Waals surface area (Å²) in [6.45, 7) is 6.00. The summed E-state index contributed by atoms with van der Waals surface area (Å²) >= 11 is 5.85. The molecule has 0 aliphatic rings. The molecule has 7 heteroatoms. The maximum Gasteiger partial charge on any atom is 0.341 e. The van der Waals surface area contributed by atoms with Gasteiger partial charge in [0.15, 0.2) is 6.61 Å². The molecule has 0 unspecified atom stereocenters. The van der Waals surface area contributed by atoms with Gasteiger partial charge in [0.1, 0.15) is 5.15 Å². The highest BCUT2D eigenvalue weighted by Crippen LogP contribution is 2.21. The Hall–Kier alpha value is -2.18. The van der Waals surface area contributed by atoms with E-state index in [4.69, 9.17) is 21.1 Å². The third-order valence-corrected chi connectivity index (χ3v) is 4.25. The molecule has 6 nitrogen and oxygen atoms in total. The first-order chi connectivity index (χ1) is 11.9. The van der Waals surface area contributed by atoms with Crippen LogP contribution in [0.15, 0.2) is 24.4 Å². The molecule has 0 aromatic carbocycles. The second-order valence-electron chi connectivity index (χ2n) is 5.80. The van der Waals surface area contributed by atoms with Gasteiger partial charge < -0.3 is 14.0 Å². The number of nitrogens with zero attached hydrogens (tertiary/aromatic N) is 2. The van der Waals surface area contributed by atoms with Crippen molar-refractivity contribution in [1.29, 1.82) is 0 Å². The average molecular weight is 365 g/mol. The number of rotatable bonds is 7. The second kappa shape index (κ2) is 8.27. The normalized spacial score (nSPS) is 12.0. The van der Waals surface area contributed by atoms with E-state index in [9.17, 15) is 9.59 Å². The topological polar surface area (TPSA) is 70.4 Å². The van der Waals surface area contributed by atoms with E-state index in [0.717, 1.165) is 11.4 Å². The van der Waals surface area contributed by atoms with Crippen molar-refractivity contribution in [3.63, 3.8) is 0 Å². The minimum Gasteiger partial charge on any atom is -0.454 e. The molecule has 0 spiro atoms. The molecule has 2 rings (SSSR count). The Balaban J connectivity index is 2.10. The van der Waals surface area contributed by atoms with Crippen molar-refractivity contribution in [2.45, 2.75) is 26.8 Å². The number of aryl methyl sites for hydroxylation is 1. The van der Waals surface area contributed by atoms with Crippen LogP contribution < -0.4 is 0 Å². The largest absolute Gasteiger partial charge is 0.454 e. The molecule has 2 aromatic rings. The standard InChI is InChI=1S/C18H21ClN2O4/c1-11-8-15(13(3)21(11)12(2)9-24-4)16(22)10-25-18(23)14-6-5-7-20-17(14)19/h5-8,12H,9-10H2,1-4H3/t12-/m0/s1. The van der Waals surface area contributed by atoms with Crippen LogP contribution in [-0.4, -0.2) is 41.6 Å². The van der Waals surface area contributed by atoms with Gasteiger partial charge in [-0.1, -0.05) is 11.6 Å². The number of hydrogen-bond donors (Lipinski definition) is 0. The summed E-state index contributed by atoms with van der Waals surface area (Å²) in [5, 5.41) is 0.0477. The molecule has 134 valence electrons. The number of hydrogen-bond acceptors (Lipinski definition) is 5. The van der Waals surface area contributed by atoms with E-state index in [1.165, 1.54) is 12.3 Å². The van der Waals surface area contributed by atoms with Crippen LogP contribution in [0, 0.1) is 13.8 Å². The molecule has 0 fully saturated rings. The first-order valence-corrected chi connectivity index (χ1v) is 8.22. The molecular formula is C18H21ClN2O4. The van der Waals surface area contributed by atoms with Gasteiger partial charge in [0.2, 0.25) is 5.78 Å². The van der Waals surface area contributed by atoms with E-state index in [0.29, 0.717) is 12.2 Å². The smallest absolute Gasteiger partial charge is 0.341 e. The molecule has 0 saturated heterocycles. The highest BCUT2D eigenvalue weighted by atomic mass is 35.5. The summed E-state index contributed by atoms with van der Waals surface area (Å²) in [6.07, 6.45) is 1.47. The van der Waals surface area contributed by atoms with Crippen molar-refractivity contribution >= 4 is 23.4 Å². The van der Waals surface area contributed by atoms with Gasteiger partial charge in [-0.25, -0.2) is 9.78 Å². The van der Waals surface area contributed by atoms with Crippen LogP contribution in [0.5, 0.6) is 0 Å². The lowest BCUT2D eigenvalue weighted by Gasteiger charge is -2.17. The number of methoxy groups -OCH3 is 1. The fourth-order valence-corrected chi connectivity index (χ4v) is 3.07. The van der Waals surface area contributed by atoms with Gasteiger partial charge in [-0.15, -0.1) is 0 Å². The molecule has 0 saturated carbocycles. The van der Waals surface area contributed by atoms with E-state index in [2.05, 4.69) is 4.98 Å². The van der Waals surface area contributed by atoms with Crippen LogP contribution in [0.3, 0.4) is 0 Å². The number of esters is 1. The molecule has 25 heavy (non-hydrogen) atoms. The first-order valence-electron chi connectivity index (χ1n) is 7.85. The summed E-state index contributed by atoms with van der Waals surface area (Å²) in [5.41, 5.74) is 2.44. The number of halogens is 1. The van der Waals surface area contributed by atoms with Crippen molar-refractivity contribution < 1.29 is 19.1 Å². The predicted molar refractivity (Wildman–Crippen MR) is 94.4 cm³/mol. The number of ether oxygens (including phenoxy) is 2. The summed E-state index contributed by atoms with van der Waals surface area (Å²) in [4.78, 5) is 28.3. The number of carbonyl (C=O) groups is 2. The van der Waals surface area contributed by atoms with E-state index >= 15 is 0 Å². The van der Waals surface area contributed by atoms with Crippen LogP contribution >= 0.6 is 11.6 Å². The Morgan fingerprint density at radius 3 is 2.68 bits per heavy atom. The monoisotopic (exact) mass is 364 g/mol. The van der Waals surface area contributed by atoms with E-state index < -0.39 is 5.97 Å². The van der Waals surface area contributed by atoms with Gasteiger partial charge in [-0.3, -0.25) is 4.79 Å². The van der Waals surface area contributed by atoms with Gasteiger partial charge in [-0.05, 0) is 39.0 Å². The number of aromatic nitrogens is 2. The fraction of sp³-hybridized carbons (Fsp3) is 0.389. The van der Waals surface area contributed by atoms with E-state index in [1.54, 1.807) is 19.2 Å². The molecule has 0 radical (unpaired) electrons. The molecule has 2 heterocycles. The average Bonchev–Trinajstić information content (AvgIpc) is 2.87. The van der Waals surface area contributed by atoms with Crippen molar-refractivity contribution in [3.8, 4) is 0 Å². The maximum atomic E-state index is 12.5. The van der Waals surface area contributed by atoms with Crippen molar-refractivity contribution in [1.82, 2.24) is 9.55 Å². The summed E-state index contributed by atoms with van der Waals surface area (Å²) in [6, 6.07) is 4.98. The lowest BCUT2D eigenvalue weighted by atomic mass is 10.1. The van der Waals surface area contributed by atoms with Gasteiger partial charge in [-0.2, -0.15) is 0 Å². The Morgan fingerprint density at radius 1 is 1.32 bits per heavy atom. The van der Waals surface area contributed by atoms with Crippen LogP contribution in [0.4, 0.5) is 0 Å². The Bertz CT molecular complexity index is 785. The number of carbonyl (C=O) groups excluding carboxylic acids is 2. The minimum absolute atomic E-state index is 0.0477. The Kier molecular flexibility index (Phi) is 6.33. The maximum absolute atomic E-state index is 12.5. The van der Waals surface area contributed by atoms with Crippen LogP contribution in [0.1, 0.15) is 45.1 Å². The van der Waals surface area contributed by atoms with Crippen molar-refractivity contribution in [2.24, 2.45) is 0 Å². The summed E-state index contributed by atoms with van der Waals surface area (Å²) < 4.78 is 12.3. The summed E-state index contributed by atoms with van der Waals surface area (Å²) in [7, 11) is 1.64. The molecular weight excluding hydrogens is 344 g/mol. The number of Topliss-reactive ketones (excluding diaryl/α,β-unsaturated/α-hetero) is 1. The predicted octanol–water partition coefficient (Wildman–Crippen LogP) is 3.40. The van der Waals surface area contributed by atoms with Crippen LogP contribution in [0.2, 0.25) is 5.15 Å². The molecule has 0 bridgehead atoms. The summed E-state index contributed by atoms with van der Waals surface area (Å²) in [5.74, 6) is -0.940. The number of ketones is 1. The molecule has 0 aliphatic carbocycles. The number of pyridine rings is 1. The SMILES string of the molecule is COC[C@H](C)n1c(C)cc(C(=O)COC(=O)c2cccnc2Cl)c1C. The molecule has 0 aliphatic heterocycles. The van der Waals surface area contributed by atoms with Crippen molar-refractivity contribution in [2.75, 3.05) is 20.3 Å². The lowest BCUT2D eigenvalue weighted by molar-refractivity contribution is 0.0474. The van der Waals surface area contributed by atoms with Crippen LogP contribution in [0.25, 0.3) is 0 Å². The highest BCUT2D eigenvalue weighted by Gasteiger charge is 2.20. The van der Waals surface area contributed by atoms with Gasteiger partial charge in [0.05, 0.1) is 18.2 Å². The Morgan fingerprint density at radius 2 is 2.04 bits per heavy atom. The first kappa shape index (κ1) is 19.1.